The number of alkyl halides is 3. The first-order valence-electron chi connectivity index (χ1n) is 9.42. The number of rotatable bonds is 5. The molecule has 1 saturated heterocycles. The van der Waals surface area contributed by atoms with Gasteiger partial charge in [-0.05, 0) is 36.2 Å². The van der Waals surface area contributed by atoms with Crippen LogP contribution in [-0.2, 0) is 22.7 Å². The number of hydrogen-bond donors (Lipinski definition) is 1. The van der Waals surface area contributed by atoms with Crippen LogP contribution in [0.5, 0.6) is 0 Å². The van der Waals surface area contributed by atoms with Gasteiger partial charge in [-0.25, -0.2) is 18.4 Å². The van der Waals surface area contributed by atoms with Crippen LogP contribution in [0.1, 0.15) is 17.7 Å². The lowest BCUT2D eigenvalue weighted by atomic mass is 10.2. The second-order valence-electron chi connectivity index (χ2n) is 6.96. The number of sulfonamides is 1. The second-order valence-corrected chi connectivity index (χ2v) is 8.97. The van der Waals surface area contributed by atoms with E-state index in [-0.39, 0.29) is 23.9 Å². The van der Waals surface area contributed by atoms with E-state index in [1.807, 2.05) is 0 Å². The highest BCUT2D eigenvalue weighted by molar-refractivity contribution is 7.93. The number of benzene rings is 1. The second kappa shape index (κ2) is 8.14. The molecule has 0 amide bonds. The van der Waals surface area contributed by atoms with Crippen molar-refractivity contribution in [3.8, 4) is 11.4 Å². The Bertz CT molecular complexity index is 1190. The Labute approximate surface area is 177 Å². The molecule has 2 aromatic heterocycles. The van der Waals surface area contributed by atoms with Gasteiger partial charge in [0.2, 0.25) is 10.0 Å². The van der Waals surface area contributed by atoms with Crippen molar-refractivity contribution in [1.82, 2.24) is 15.0 Å². The molecule has 11 heteroatoms. The summed E-state index contributed by atoms with van der Waals surface area (Å²) in [7, 11) is -3.32. The smallest absolute Gasteiger partial charge is 0.366 e. The highest BCUT2D eigenvalue weighted by Gasteiger charge is 2.34. The Morgan fingerprint density at radius 2 is 1.84 bits per heavy atom. The van der Waals surface area contributed by atoms with Crippen LogP contribution in [0.2, 0.25) is 0 Å². The summed E-state index contributed by atoms with van der Waals surface area (Å²) in [6.45, 7) is 0.571. The molecule has 4 rings (SSSR count). The minimum Gasteiger partial charge on any atom is -0.366 e. The molecule has 162 valence electrons. The average molecular weight is 449 g/mol. The van der Waals surface area contributed by atoms with Crippen molar-refractivity contribution in [2.45, 2.75) is 19.1 Å². The molecule has 1 aromatic carbocycles. The van der Waals surface area contributed by atoms with Gasteiger partial charge in [-0.1, -0.05) is 12.1 Å². The van der Waals surface area contributed by atoms with Crippen molar-refractivity contribution >= 4 is 21.5 Å². The molecule has 1 N–H and O–H groups in total. The summed E-state index contributed by atoms with van der Waals surface area (Å²) in [6, 6.07) is 10.8. The molecule has 3 heterocycles. The number of pyridine rings is 1. The Morgan fingerprint density at radius 1 is 1.06 bits per heavy atom. The molecule has 0 spiro atoms. The molecule has 3 aromatic rings. The zero-order valence-corrected chi connectivity index (χ0v) is 17.0. The summed E-state index contributed by atoms with van der Waals surface area (Å²) in [5, 5.41) is 2.89. The third-order valence-electron chi connectivity index (χ3n) is 4.73. The monoisotopic (exact) mass is 449 g/mol. The van der Waals surface area contributed by atoms with Gasteiger partial charge in [0.05, 0.1) is 11.4 Å². The predicted octanol–water partition coefficient (Wildman–Crippen LogP) is 3.71. The molecule has 7 nitrogen and oxygen atoms in total. The third-order valence-corrected chi connectivity index (χ3v) is 6.60. The molecular weight excluding hydrogens is 431 g/mol. The zero-order valence-electron chi connectivity index (χ0n) is 16.2. The average Bonchev–Trinajstić information content (AvgIpc) is 3.11. The van der Waals surface area contributed by atoms with Gasteiger partial charge in [0.1, 0.15) is 5.82 Å². The first kappa shape index (κ1) is 21.0. The fraction of sp³-hybridized carbons (Fsp3) is 0.250. The van der Waals surface area contributed by atoms with Gasteiger partial charge in [-0.15, -0.1) is 0 Å². The Kier molecular flexibility index (Phi) is 5.52. The number of halogens is 3. The quantitative estimate of drug-likeness (QED) is 0.639. The number of nitrogens with one attached hydrogen (secondary N) is 1. The van der Waals surface area contributed by atoms with Crippen molar-refractivity contribution in [1.29, 1.82) is 0 Å². The van der Waals surface area contributed by atoms with Gasteiger partial charge in [0.25, 0.3) is 0 Å². The van der Waals surface area contributed by atoms with E-state index in [1.165, 1.54) is 28.8 Å². The number of nitrogens with zero attached hydrogens (tertiary/aromatic N) is 4. The van der Waals surface area contributed by atoms with Gasteiger partial charge < -0.3 is 5.32 Å². The Balaban J connectivity index is 1.59. The van der Waals surface area contributed by atoms with Crippen LogP contribution in [0.15, 0.2) is 54.9 Å². The fourth-order valence-electron chi connectivity index (χ4n) is 3.26. The van der Waals surface area contributed by atoms with Gasteiger partial charge >= 0.3 is 6.18 Å². The summed E-state index contributed by atoms with van der Waals surface area (Å²) in [5.41, 5.74) is 0.587. The molecule has 0 bridgehead atoms. The van der Waals surface area contributed by atoms with Gasteiger partial charge in [0.15, 0.2) is 11.5 Å². The minimum absolute atomic E-state index is 0.00772. The van der Waals surface area contributed by atoms with Crippen molar-refractivity contribution < 1.29 is 21.6 Å². The minimum atomic E-state index is -4.63. The van der Waals surface area contributed by atoms with E-state index in [0.29, 0.717) is 29.8 Å². The standard InChI is InChI=1S/C20H18F3N5O2S/c21-20(22,23)17-12-18(27-19(26-17)15-5-7-24-8-6-15)25-13-14-3-1-4-16(11-14)28-9-2-10-31(28,29)30/h1,3-8,11-12H,2,9-10,13H2,(H,25,26,27). The first-order chi connectivity index (χ1) is 14.7. The molecule has 1 aliphatic heterocycles. The molecule has 1 fully saturated rings. The van der Waals surface area contributed by atoms with E-state index < -0.39 is 21.9 Å². The largest absolute Gasteiger partial charge is 0.433 e. The SMILES string of the molecule is O=S1(=O)CCCN1c1cccc(CNc2cc(C(F)(F)F)nc(-c3ccncc3)n2)c1. The highest BCUT2D eigenvalue weighted by atomic mass is 32.2. The first-order valence-corrected chi connectivity index (χ1v) is 11.0. The van der Waals surface area contributed by atoms with Crippen molar-refractivity contribution in [3.05, 3.63) is 66.1 Å². The number of aromatic nitrogens is 3. The summed E-state index contributed by atoms with van der Waals surface area (Å²) in [6.07, 6.45) is -1.18. The number of anilines is 2. The molecule has 1 aliphatic rings. The zero-order chi connectivity index (χ0) is 22.1. The summed E-state index contributed by atoms with van der Waals surface area (Å²) in [4.78, 5) is 11.7. The Morgan fingerprint density at radius 3 is 2.52 bits per heavy atom. The molecule has 0 atom stereocenters. The Hall–Kier alpha value is -3.21. The maximum Gasteiger partial charge on any atom is 0.433 e. The van der Waals surface area contributed by atoms with Crippen molar-refractivity contribution in [2.75, 3.05) is 21.9 Å². The molecular formula is C20H18F3N5O2S. The highest BCUT2D eigenvalue weighted by Crippen LogP contribution is 2.31. The van der Waals surface area contributed by atoms with Crippen LogP contribution in [-0.4, -0.2) is 35.7 Å². The number of hydrogen-bond acceptors (Lipinski definition) is 6. The summed E-state index contributed by atoms with van der Waals surface area (Å²) < 4.78 is 65.6. The van der Waals surface area contributed by atoms with Crippen LogP contribution < -0.4 is 9.62 Å². The topological polar surface area (TPSA) is 88.1 Å². The van der Waals surface area contributed by atoms with E-state index in [2.05, 4.69) is 20.3 Å². The van der Waals surface area contributed by atoms with Gasteiger partial charge in [-0.3, -0.25) is 9.29 Å². The van der Waals surface area contributed by atoms with E-state index in [0.717, 1.165) is 6.07 Å². The lowest BCUT2D eigenvalue weighted by molar-refractivity contribution is -0.141. The summed E-state index contributed by atoms with van der Waals surface area (Å²) >= 11 is 0. The molecule has 0 aliphatic carbocycles. The molecule has 31 heavy (non-hydrogen) atoms. The van der Waals surface area contributed by atoms with E-state index in [1.54, 1.807) is 24.3 Å². The molecule has 0 saturated carbocycles. The summed E-state index contributed by atoms with van der Waals surface area (Å²) in [5.74, 6) is 0.0407. The van der Waals surface area contributed by atoms with E-state index in [4.69, 9.17) is 0 Å². The van der Waals surface area contributed by atoms with Crippen LogP contribution in [0, 0.1) is 0 Å². The van der Waals surface area contributed by atoms with Crippen LogP contribution in [0.25, 0.3) is 11.4 Å². The van der Waals surface area contributed by atoms with Crippen LogP contribution >= 0.6 is 0 Å². The van der Waals surface area contributed by atoms with Crippen LogP contribution in [0.3, 0.4) is 0 Å². The maximum absolute atomic E-state index is 13.3. The van der Waals surface area contributed by atoms with E-state index in [9.17, 15) is 21.6 Å². The normalized spacial score (nSPS) is 15.8. The van der Waals surface area contributed by atoms with Gasteiger partial charge in [-0.2, -0.15) is 13.2 Å². The lowest BCUT2D eigenvalue weighted by Crippen LogP contribution is -2.25. The predicted molar refractivity (Wildman–Crippen MR) is 110 cm³/mol. The van der Waals surface area contributed by atoms with Crippen molar-refractivity contribution in [2.24, 2.45) is 0 Å². The van der Waals surface area contributed by atoms with Crippen LogP contribution in [0.4, 0.5) is 24.7 Å². The van der Waals surface area contributed by atoms with Gasteiger partial charge in [0, 0.05) is 37.1 Å². The maximum atomic E-state index is 13.3. The molecule has 0 radical (unpaired) electrons. The van der Waals surface area contributed by atoms with E-state index >= 15 is 0 Å². The molecule has 0 unspecified atom stereocenters. The van der Waals surface area contributed by atoms with Crippen molar-refractivity contribution in [3.63, 3.8) is 0 Å². The lowest BCUT2D eigenvalue weighted by Gasteiger charge is -2.18. The third kappa shape index (κ3) is 4.76. The fourth-order valence-corrected chi connectivity index (χ4v) is 4.81.